The van der Waals surface area contributed by atoms with Gasteiger partial charge in [-0.05, 0) is 27.6 Å². The third-order valence-corrected chi connectivity index (χ3v) is 5.61. The molecule has 0 amide bonds. The third-order valence-electron chi connectivity index (χ3n) is 4.72. The van der Waals surface area contributed by atoms with Gasteiger partial charge in [-0.2, -0.15) is 10.4 Å². The number of fused-ring (bicyclic) bond motifs is 1. The summed E-state index contributed by atoms with van der Waals surface area (Å²) >= 11 is 3.55. The summed E-state index contributed by atoms with van der Waals surface area (Å²) in [5.74, 6) is 0.371. The van der Waals surface area contributed by atoms with Crippen LogP contribution in [0.2, 0.25) is 0 Å². The minimum Gasteiger partial charge on any atom is -0.369 e. The highest BCUT2D eigenvalue weighted by atomic mass is 79.9. The summed E-state index contributed by atoms with van der Waals surface area (Å²) in [6.07, 6.45) is 1.46. The van der Waals surface area contributed by atoms with Gasteiger partial charge in [0, 0.05) is 23.1 Å². The number of rotatable bonds is 2. The van der Waals surface area contributed by atoms with E-state index in [4.69, 9.17) is 11.3 Å². The van der Waals surface area contributed by atoms with Crippen molar-refractivity contribution in [1.29, 1.82) is 5.26 Å². The van der Waals surface area contributed by atoms with Crippen molar-refractivity contribution in [3.8, 4) is 6.07 Å². The van der Waals surface area contributed by atoms with Crippen LogP contribution in [0, 0.1) is 17.9 Å². The summed E-state index contributed by atoms with van der Waals surface area (Å²) in [7, 11) is 0. The topological polar surface area (TPSA) is 90.4 Å². The predicted octanol–water partition coefficient (Wildman–Crippen LogP) is 2.54. The highest BCUT2D eigenvalue weighted by Crippen LogP contribution is 2.43. The number of benzene rings is 1. The zero-order valence-corrected chi connectivity index (χ0v) is 15.3. The molecule has 1 saturated heterocycles. The maximum atomic E-state index is 9.36. The van der Waals surface area contributed by atoms with Crippen LogP contribution in [0.5, 0.6) is 0 Å². The molecule has 0 saturated carbocycles. The van der Waals surface area contributed by atoms with Gasteiger partial charge in [0.1, 0.15) is 17.9 Å². The zero-order chi connectivity index (χ0) is 18.1. The summed E-state index contributed by atoms with van der Waals surface area (Å²) in [5, 5.41) is 19.7. The average molecular weight is 411 g/mol. The van der Waals surface area contributed by atoms with Gasteiger partial charge in [-0.25, -0.2) is 11.6 Å². The van der Waals surface area contributed by atoms with E-state index in [1.807, 2.05) is 12.1 Å². The number of aromatic amines is 1. The van der Waals surface area contributed by atoms with Crippen molar-refractivity contribution in [2.24, 2.45) is 4.99 Å². The van der Waals surface area contributed by atoms with E-state index in [1.54, 1.807) is 12.3 Å². The number of nitrogens with zero attached hydrogens (tertiary/aromatic N) is 4. The molecule has 3 unspecified atom stereocenters. The highest BCUT2D eigenvalue weighted by Gasteiger charge is 2.44. The van der Waals surface area contributed by atoms with Crippen LogP contribution in [0.1, 0.15) is 22.6 Å². The van der Waals surface area contributed by atoms with Crippen LogP contribution < -0.4 is 5.32 Å². The van der Waals surface area contributed by atoms with Crippen LogP contribution in [0.3, 0.4) is 0 Å². The molecule has 130 valence electrons. The molecular formula is C18H15BrN6O. The summed E-state index contributed by atoms with van der Waals surface area (Å²) in [6.45, 7) is 9.85. The smallest absolute Gasteiger partial charge is 0.275 e. The van der Waals surface area contributed by atoms with E-state index in [0.717, 1.165) is 17.7 Å². The molecule has 2 aliphatic heterocycles. The van der Waals surface area contributed by atoms with Crippen molar-refractivity contribution in [2.45, 2.75) is 18.1 Å². The molecule has 2 aliphatic rings. The van der Waals surface area contributed by atoms with Crippen LogP contribution in [-0.2, 0) is 4.74 Å². The molecule has 0 radical (unpaired) electrons. The second-order valence-electron chi connectivity index (χ2n) is 6.15. The molecule has 0 bridgehead atoms. The summed E-state index contributed by atoms with van der Waals surface area (Å²) in [5.41, 5.74) is 2.97. The lowest BCUT2D eigenvalue weighted by Gasteiger charge is -2.30. The number of morpholine rings is 1. The molecule has 3 atom stereocenters. The van der Waals surface area contributed by atoms with Crippen LogP contribution >= 0.6 is 15.9 Å². The van der Waals surface area contributed by atoms with Gasteiger partial charge in [0.05, 0.1) is 24.3 Å². The third kappa shape index (κ3) is 2.73. The first-order valence-corrected chi connectivity index (χ1v) is 9.03. The normalized spacial score (nSPS) is 24.9. The largest absolute Gasteiger partial charge is 0.369 e. The van der Waals surface area contributed by atoms with Gasteiger partial charge in [0.2, 0.25) is 0 Å². The van der Waals surface area contributed by atoms with Crippen LogP contribution in [-0.4, -0.2) is 47.8 Å². The van der Waals surface area contributed by atoms with Crippen LogP contribution in [0.25, 0.3) is 4.85 Å². The Balaban J connectivity index is 1.86. The van der Waals surface area contributed by atoms with Crippen molar-refractivity contribution in [3.63, 3.8) is 0 Å². The van der Waals surface area contributed by atoms with Crippen molar-refractivity contribution in [3.05, 3.63) is 57.0 Å². The Bertz CT molecular complexity index is 947. The van der Waals surface area contributed by atoms with E-state index in [2.05, 4.69) is 47.4 Å². The maximum absolute atomic E-state index is 9.36. The SMILES string of the molecule is [C-]#[N+]C1C(C2CNCCO2)=Nc2[nH]ncc2C1c1cccc(C#N)c1Br. The van der Waals surface area contributed by atoms with Gasteiger partial charge in [0.15, 0.2) is 5.82 Å². The molecule has 3 heterocycles. The Morgan fingerprint density at radius 1 is 1.38 bits per heavy atom. The lowest BCUT2D eigenvalue weighted by molar-refractivity contribution is 0.0694. The number of H-pyrrole nitrogens is 1. The molecule has 0 aliphatic carbocycles. The van der Waals surface area contributed by atoms with Gasteiger partial charge < -0.3 is 14.9 Å². The van der Waals surface area contributed by atoms with Crippen molar-refractivity contribution >= 4 is 27.5 Å². The lowest BCUT2D eigenvalue weighted by atomic mass is 9.80. The molecule has 2 N–H and O–H groups in total. The molecule has 2 aromatic rings. The van der Waals surface area contributed by atoms with E-state index in [9.17, 15) is 5.26 Å². The molecule has 4 rings (SSSR count). The fraction of sp³-hybridized carbons (Fsp3) is 0.333. The fourth-order valence-electron chi connectivity index (χ4n) is 3.51. The highest BCUT2D eigenvalue weighted by molar-refractivity contribution is 9.10. The van der Waals surface area contributed by atoms with Gasteiger partial charge >= 0.3 is 0 Å². The zero-order valence-electron chi connectivity index (χ0n) is 13.7. The summed E-state index contributed by atoms with van der Waals surface area (Å²) < 4.78 is 6.57. The quantitative estimate of drug-likeness (QED) is 0.744. The van der Waals surface area contributed by atoms with E-state index in [-0.39, 0.29) is 12.0 Å². The average Bonchev–Trinajstić information content (AvgIpc) is 3.16. The number of ether oxygens (including phenoxy) is 1. The minimum absolute atomic E-state index is 0.250. The van der Waals surface area contributed by atoms with E-state index in [1.165, 1.54) is 0 Å². The molecule has 1 aromatic carbocycles. The monoisotopic (exact) mass is 410 g/mol. The Kier molecular flexibility index (Phi) is 4.56. The Morgan fingerprint density at radius 2 is 2.27 bits per heavy atom. The van der Waals surface area contributed by atoms with Crippen molar-refractivity contribution in [1.82, 2.24) is 15.5 Å². The fourth-order valence-corrected chi connectivity index (χ4v) is 4.11. The number of nitrogens with one attached hydrogen (secondary N) is 2. The van der Waals surface area contributed by atoms with Gasteiger partial charge in [-0.1, -0.05) is 12.1 Å². The molecule has 7 nitrogen and oxygen atoms in total. The van der Waals surface area contributed by atoms with Crippen LogP contribution in [0.4, 0.5) is 5.82 Å². The van der Waals surface area contributed by atoms with Crippen molar-refractivity contribution in [2.75, 3.05) is 19.7 Å². The second kappa shape index (κ2) is 7.00. The number of aromatic nitrogens is 2. The minimum atomic E-state index is -0.518. The first kappa shape index (κ1) is 16.9. The summed E-state index contributed by atoms with van der Waals surface area (Å²) in [6, 6.07) is 7.20. The second-order valence-corrected chi connectivity index (χ2v) is 6.94. The Morgan fingerprint density at radius 3 is 3.00 bits per heavy atom. The van der Waals surface area contributed by atoms with Gasteiger partial charge in [-0.3, -0.25) is 5.10 Å². The molecule has 1 fully saturated rings. The maximum Gasteiger partial charge on any atom is 0.275 e. The van der Waals surface area contributed by atoms with Gasteiger partial charge in [0.25, 0.3) is 6.04 Å². The summed E-state index contributed by atoms with van der Waals surface area (Å²) in [4.78, 5) is 8.57. The number of hydrogen-bond donors (Lipinski definition) is 2. The van der Waals surface area contributed by atoms with E-state index < -0.39 is 6.04 Å². The van der Waals surface area contributed by atoms with E-state index >= 15 is 0 Å². The first-order chi connectivity index (χ1) is 12.7. The number of aliphatic imine (C=N–C) groups is 1. The first-order valence-electron chi connectivity index (χ1n) is 8.23. The number of nitriles is 1. The standard InChI is InChI=1S/C18H15BrN6O/c1-21-17-14(11-4-2-3-10(7-20)15(11)19)12-8-23-25-18(12)24-16(17)13-9-22-5-6-26-13/h2-4,8,13-14,17,22H,5-6,9H2,(H,23,25). The molecular weight excluding hydrogens is 396 g/mol. The molecule has 1 aromatic heterocycles. The van der Waals surface area contributed by atoms with Crippen LogP contribution in [0.15, 0.2) is 33.9 Å². The Hall–Kier alpha value is -2.52. The predicted molar refractivity (Wildman–Crippen MR) is 99.4 cm³/mol. The molecule has 8 heteroatoms. The Labute approximate surface area is 159 Å². The van der Waals surface area contributed by atoms with Crippen molar-refractivity contribution < 1.29 is 4.74 Å². The molecule has 0 spiro atoms. The number of halogens is 1. The lowest BCUT2D eigenvalue weighted by Crippen LogP contribution is -2.48. The molecule has 26 heavy (non-hydrogen) atoms. The van der Waals surface area contributed by atoms with Gasteiger partial charge in [-0.15, -0.1) is 0 Å². The number of hydrogen-bond acceptors (Lipinski definition) is 5. The van der Waals surface area contributed by atoms with E-state index in [0.29, 0.717) is 34.7 Å².